The summed E-state index contributed by atoms with van der Waals surface area (Å²) in [6.07, 6.45) is -0.190. The van der Waals surface area contributed by atoms with E-state index in [0.29, 0.717) is 17.3 Å². The lowest BCUT2D eigenvalue weighted by Gasteiger charge is -2.16. The lowest BCUT2D eigenvalue weighted by atomic mass is 10.1. The SMILES string of the molecule is CC(C)CN[C@H](CC(=O)Nc1cccc(Cl)c1Cl)C(=O)O. The maximum absolute atomic E-state index is 11.9. The maximum atomic E-state index is 11.9. The van der Waals surface area contributed by atoms with Crippen molar-refractivity contribution in [2.24, 2.45) is 5.92 Å². The number of benzene rings is 1. The van der Waals surface area contributed by atoms with E-state index in [2.05, 4.69) is 10.6 Å². The number of rotatable bonds is 7. The van der Waals surface area contributed by atoms with Gasteiger partial charge in [-0.25, -0.2) is 0 Å². The zero-order valence-electron chi connectivity index (χ0n) is 11.8. The summed E-state index contributed by atoms with van der Waals surface area (Å²) in [4.78, 5) is 23.1. The molecule has 0 radical (unpaired) electrons. The molecule has 0 aliphatic heterocycles. The number of nitrogens with one attached hydrogen (secondary N) is 2. The van der Waals surface area contributed by atoms with E-state index in [-0.39, 0.29) is 17.4 Å². The van der Waals surface area contributed by atoms with Crippen LogP contribution in [0.15, 0.2) is 18.2 Å². The second-order valence-corrected chi connectivity index (χ2v) is 5.83. The Morgan fingerprint density at radius 3 is 2.52 bits per heavy atom. The smallest absolute Gasteiger partial charge is 0.321 e. The molecule has 0 heterocycles. The summed E-state index contributed by atoms with van der Waals surface area (Å²) in [6, 6.07) is 3.91. The van der Waals surface area contributed by atoms with Crippen molar-refractivity contribution in [1.82, 2.24) is 5.32 Å². The molecule has 116 valence electrons. The minimum atomic E-state index is -1.07. The predicted molar refractivity (Wildman–Crippen MR) is 84.0 cm³/mol. The van der Waals surface area contributed by atoms with E-state index >= 15 is 0 Å². The van der Waals surface area contributed by atoms with Crippen molar-refractivity contribution in [3.63, 3.8) is 0 Å². The number of carbonyl (C=O) groups is 2. The summed E-state index contributed by atoms with van der Waals surface area (Å²) < 4.78 is 0. The first kappa shape index (κ1) is 17.8. The third kappa shape index (κ3) is 5.91. The van der Waals surface area contributed by atoms with E-state index in [4.69, 9.17) is 28.3 Å². The van der Waals surface area contributed by atoms with E-state index in [0.717, 1.165) is 0 Å². The highest BCUT2D eigenvalue weighted by Crippen LogP contribution is 2.29. The molecule has 1 aromatic rings. The molecule has 0 spiro atoms. The van der Waals surface area contributed by atoms with Crippen molar-refractivity contribution in [2.75, 3.05) is 11.9 Å². The van der Waals surface area contributed by atoms with E-state index in [9.17, 15) is 9.59 Å². The maximum Gasteiger partial charge on any atom is 0.321 e. The van der Waals surface area contributed by atoms with Gasteiger partial charge in [0.05, 0.1) is 22.2 Å². The molecular weight excluding hydrogens is 315 g/mol. The van der Waals surface area contributed by atoms with Crippen LogP contribution in [0.3, 0.4) is 0 Å². The molecule has 0 saturated carbocycles. The second kappa shape index (κ2) is 8.22. The van der Waals surface area contributed by atoms with Crippen molar-refractivity contribution in [1.29, 1.82) is 0 Å². The number of aliphatic carboxylic acids is 1. The Morgan fingerprint density at radius 2 is 1.95 bits per heavy atom. The number of carbonyl (C=O) groups excluding carboxylic acids is 1. The van der Waals surface area contributed by atoms with Gasteiger partial charge in [0, 0.05) is 0 Å². The van der Waals surface area contributed by atoms with Gasteiger partial charge in [0.1, 0.15) is 6.04 Å². The van der Waals surface area contributed by atoms with Gasteiger partial charge in [0.25, 0.3) is 0 Å². The van der Waals surface area contributed by atoms with Crippen molar-refractivity contribution < 1.29 is 14.7 Å². The first-order valence-corrected chi connectivity index (χ1v) is 7.27. The fourth-order valence-electron chi connectivity index (χ4n) is 1.61. The highest BCUT2D eigenvalue weighted by atomic mass is 35.5. The third-order valence-corrected chi connectivity index (χ3v) is 3.50. The van der Waals surface area contributed by atoms with Gasteiger partial charge in [-0.2, -0.15) is 0 Å². The van der Waals surface area contributed by atoms with Crippen LogP contribution in [0.2, 0.25) is 10.0 Å². The molecular formula is C14H18Cl2N2O3. The van der Waals surface area contributed by atoms with E-state index in [1.54, 1.807) is 18.2 Å². The Balaban J connectivity index is 2.65. The van der Waals surface area contributed by atoms with Gasteiger partial charge in [-0.15, -0.1) is 0 Å². The molecule has 1 rings (SSSR count). The summed E-state index contributed by atoms with van der Waals surface area (Å²) in [5.74, 6) is -1.22. The molecule has 1 amide bonds. The highest BCUT2D eigenvalue weighted by Gasteiger charge is 2.21. The van der Waals surface area contributed by atoms with Crippen LogP contribution >= 0.6 is 23.2 Å². The average Bonchev–Trinajstić information content (AvgIpc) is 2.39. The summed E-state index contributed by atoms with van der Waals surface area (Å²) in [7, 11) is 0. The number of carboxylic acids is 1. The zero-order chi connectivity index (χ0) is 16.0. The second-order valence-electron chi connectivity index (χ2n) is 5.05. The van der Waals surface area contributed by atoms with E-state index in [1.807, 2.05) is 13.8 Å². The van der Waals surface area contributed by atoms with Crippen LogP contribution in [0.5, 0.6) is 0 Å². The van der Waals surface area contributed by atoms with Gasteiger partial charge < -0.3 is 15.7 Å². The van der Waals surface area contributed by atoms with Crippen LogP contribution < -0.4 is 10.6 Å². The first-order valence-electron chi connectivity index (χ1n) is 6.51. The largest absolute Gasteiger partial charge is 0.480 e. The fraction of sp³-hybridized carbons (Fsp3) is 0.429. The number of carboxylic acid groups (broad SMARTS) is 1. The van der Waals surface area contributed by atoms with Gasteiger partial charge in [0.15, 0.2) is 0 Å². The van der Waals surface area contributed by atoms with E-state index < -0.39 is 17.9 Å². The van der Waals surface area contributed by atoms with Crippen LogP contribution in [-0.4, -0.2) is 29.6 Å². The molecule has 0 aliphatic rings. The first-order chi connectivity index (χ1) is 9.81. The van der Waals surface area contributed by atoms with Crippen LogP contribution in [0.25, 0.3) is 0 Å². The Morgan fingerprint density at radius 1 is 1.29 bits per heavy atom. The Kier molecular flexibility index (Phi) is 6.95. The average molecular weight is 333 g/mol. The van der Waals surface area contributed by atoms with Gasteiger partial charge in [0.2, 0.25) is 5.91 Å². The lowest BCUT2D eigenvalue weighted by molar-refractivity contribution is -0.141. The number of hydrogen-bond donors (Lipinski definition) is 3. The fourth-order valence-corrected chi connectivity index (χ4v) is 1.96. The topological polar surface area (TPSA) is 78.4 Å². The molecule has 1 aromatic carbocycles. The number of hydrogen-bond acceptors (Lipinski definition) is 3. The molecule has 7 heteroatoms. The summed E-state index contributed by atoms with van der Waals surface area (Å²) in [6.45, 7) is 4.43. The van der Waals surface area contributed by atoms with Gasteiger partial charge >= 0.3 is 5.97 Å². The van der Waals surface area contributed by atoms with Crippen LogP contribution in [0, 0.1) is 5.92 Å². The minimum Gasteiger partial charge on any atom is -0.480 e. The number of amides is 1. The summed E-state index contributed by atoms with van der Waals surface area (Å²) >= 11 is 11.8. The van der Waals surface area contributed by atoms with Crippen LogP contribution in [-0.2, 0) is 9.59 Å². The molecule has 21 heavy (non-hydrogen) atoms. The Hall–Kier alpha value is -1.30. The molecule has 1 atom stereocenters. The van der Waals surface area contributed by atoms with Crippen molar-refractivity contribution in [3.8, 4) is 0 Å². The van der Waals surface area contributed by atoms with Crippen LogP contribution in [0.1, 0.15) is 20.3 Å². The predicted octanol–water partition coefficient (Wildman–Crippen LogP) is 3.02. The molecule has 5 nitrogen and oxygen atoms in total. The molecule has 0 saturated heterocycles. The van der Waals surface area contributed by atoms with Crippen molar-refractivity contribution in [3.05, 3.63) is 28.2 Å². The van der Waals surface area contributed by atoms with Gasteiger partial charge in [-0.1, -0.05) is 43.1 Å². The van der Waals surface area contributed by atoms with Gasteiger partial charge in [-0.3, -0.25) is 9.59 Å². The zero-order valence-corrected chi connectivity index (χ0v) is 13.3. The molecule has 0 fully saturated rings. The van der Waals surface area contributed by atoms with Gasteiger partial charge in [-0.05, 0) is 24.6 Å². The van der Waals surface area contributed by atoms with Crippen molar-refractivity contribution >= 4 is 40.8 Å². The Bertz CT molecular complexity index is 521. The molecule has 0 aliphatic carbocycles. The van der Waals surface area contributed by atoms with Crippen molar-refractivity contribution in [2.45, 2.75) is 26.3 Å². The standard InChI is InChI=1S/C14H18Cl2N2O3/c1-8(2)7-17-11(14(20)21)6-12(19)18-10-5-3-4-9(15)13(10)16/h3-5,8,11,17H,6-7H2,1-2H3,(H,18,19)(H,20,21)/t11-/m1/s1. The third-order valence-electron chi connectivity index (χ3n) is 2.69. The van der Waals surface area contributed by atoms with E-state index in [1.165, 1.54) is 0 Å². The number of anilines is 1. The monoisotopic (exact) mass is 332 g/mol. The molecule has 0 unspecified atom stereocenters. The number of halogens is 2. The summed E-state index contributed by atoms with van der Waals surface area (Å²) in [5, 5.41) is 15.1. The van der Waals surface area contributed by atoms with Crippen LogP contribution in [0.4, 0.5) is 5.69 Å². The lowest BCUT2D eigenvalue weighted by Crippen LogP contribution is -2.41. The minimum absolute atomic E-state index is 0.190. The highest BCUT2D eigenvalue weighted by molar-refractivity contribution is 6.43. The quantitative estimate of drug-likeness (QED) is 0.717. The normalized spacial score (nSPS) is 12.2. The molecule has 3 N–H and O–H groups in total. The molecule has 0 aromatic heterocycles. The summed E-state index contributed by atoms with van der Waals surface area (Å²) in [5.41, 5.74) is 0.363. The molecule has 0 bridgehead atoms. The Labute approximate surface area is 133 Å².